The zero-order chi connectivity index (χ0) is 8.39. The molecule has 3 heteroatoms. The van der Waals surface area contributed by atoms with Crippen molar-refractivity contribution in [3.8, 4) is 0 Å². The number of ether oxygens (including phenoxy) is 1. The Kier molecular flexibility index (Phi) is 1.80. The van der Waals surface area contributed by atoms with E-state index in [0.717, 1.165) is 11.0 Å². The topological polar surface area (TPSA) is 27.1 Å². The highest BCUT2D eigenvalue weighted by molar-refractivity contribution is 5.74. The number of hydrogen-bond acceptors (Lipinski definition) is 2. The van der Waals surface area contributed by atoms with E-state index in [1.54, 1.807) is 7.11 Å². The Morgan fingerprint density at radius 3 is 3.17 bits per heavy atom. The minimum absolute atomic E-state index is 0.501. The molecule has 12 heavy (non-hydrogen) atoms. The average molecular weight is 161 g/mol. The van der Waals surface area contributed by atoms with Gasteiger partial charge in [-0.25, -0.2) is 4.98 Å². The van der Waals surface area contributed by atoms with Crippen LogP contribution < -0.4 is 0 Å². The van der Waals surface area contributed by atoms with E-state index >= 15 is 0 Å². The van der Waals surface area contributed by atoms with Crippen LogP contribution >= 0.6 is 0 Å². The first-order valence-electron chi connectivity index (χ1n) is 3.73. The van der Waals surface area contributed by atoms with E-state index < -0.39 is 0 Å². The molecule has 0 N–H and O–H groups in total. The Morgan fingerprint density at radius 2 is 2.33 bits per heavy atom. The number of para-hydroxylation sites is 2. The predicted molar refractivity (Wildman–Crippen MR) is 45.6 cm³/mol. The highest BCUT2D eigenvalue weighted by atomic mass is 16.5. The predicted octanol–water partition coefficient (Wildman–Crippen LogP) is 1.44. The Labute approximate surface area is 70.6 Å². The van der Waals surface area contributed by atoms with Gasteiger partial charge in [0.1, 0.15) is 6.73 Å². The van der Waals surface area contributed by atoms with Gasteiger partial charge in [0.25, 0.3) is 0 Å². The van der Waals surface area contributed by atoms with Gasteiger partial charge in [-0.3, -0.25) is 4.57 Å². The van der Waals surface area contributed by atoms with Crippen LogP contribution in [0.4, 0.5) is 0 Å². The van der Waals surface area contributed by atoms with Crippen LogP contribution in [-0.2, 0) is 11.5 Å². The standard InChI is InChI=1S/C9H9N2O/c1-12-7-11-6-10-8-4-2-3-5-9(8)11/h2-5H,7H2,1H3. The van der Waals surface area contributed by atoms with Crippen molar-refractivity contribution in [2.24, 2.45) is 0 Å². The maximum absolute atomic E-state index is 4.99. The lowest BCUT2D eigenvalue weighted by Crippen LogP contribution is -1.97. The van der Waals surface area contributed by atoms with Gasteiger partial charge >= 0.3 is 0 Å². The number of rotatable bonds is 2. The van der Waals surface area contributed by atoms with Crippen LogP contribution in [0.5, 0.6) is 0 Å². The second kappa shape index (κ2) is 2.95. The summed E-state index contributed by atoms with van der Waals surface area (Å²) in [5, 5.41) is 0. The molecule has 0 aliphatic carbocycles. The third-order valence-electron chi connectivity index (χ3n) is 1.72. The molecule has 0 saturated carbocycles. The van der Waals surface area contributed by atoms with Crippen LogP contribution in [0.15, 0.2) is 24.3 Å². The molecule has 0 bridgehead atoms. The molecule has 0 saturated heterocycles. The van der Waals surface area contributed by atoms with Gasteiger partial charge in [0.05, 0.1) is 11.0 Å². The summed E-state index contributed by atoms with van der Waals surface area (Å²) in [6.45, 7) is 0.501. The second-order valence-corrected chi connectivity index (χ2v) is 2.55. The van der Waals surface area contributed by atoms with Gasteiger partial charge < -0.3 is 4.74 Å². The third kappa shape index (κ3) is 1.08. The molecular formula is C9H9N2O. The van der Waals surface area contributed by atoms with Gasteiger partial charge in [-0.15, -0.1) is 0 Å². The minimum atomic E-state index is 0.501. The van der Waals surface area contributed by atoms with Gasteiger partial charge in [0.15, 0.2) is 6.33 Å². The summed E-state index contributed by atoms with van der Waals surface area (Å²) in [7, 11) is 1.66. The zero-order valence-electron chi connectivity index (χ0n) is 6.82. The molecule has 1 heterocycles. The van der Waals surface area contributed by atoms with Crippen molar-refractivity contribution in [3.05, 3.63) is 30.6 Å². The molecule has 1 aromatic carbocycles. The van der Waals surface area contributed by atoms with Gasteiger partial charge in [0.2, 0.25) is 0 Å². The van der Waals surface area contributed by atoms with Crippen molar-refractivity contribution in [2.45, 2.75) is 6.73 Å². The highest BCUT2D eigenvalue weighted by Gasteiger charge is 1.99. The lowest BCUT2D eigenvalue weighted by atomic mass is 10.3. The highest BCUT2D eigenvalue weighted by Crippen LogP contribution is 2.10. The van der Waals surface area contributed by atoms with Crippen LogP contribution in [0.3, 0.4) is 0 Å². The lowest BCUT2D eigenvalue weighted by molar-refractivity contribution is 0.133. The molecule has 2 rings (SSSR count). The fraction of sp³-hybridized carbons (Fsp3) is 0.222. The third-order valence-corrected chi connectivity index (χ3v) is 1.72. The Morgan fingerprint density at radius 1 is 1.50 bits per heavy atom. The Hall–Kier alpha value is -1.35. The molecule has 0 aliphatic heterocycles. The van der Waals surface area contributed by atoms with Crippen molar-refractivity contribution in [1.29, 1.82) is 0 Å². The van der Waals surface area contributed by atoms with Crippen molar-refractivity contribution in [1.82, 2.24) is 9.55 Å². The molecule has 3 nitrogen and oxygen atoms in total. The maximum atomic E-state index is 4.99. The molecular weight excluding hydrogens is 152 g/mol. The zero-order valence-corrected chi connectivity index (χ0v) is 6.82. The molecule has 0 aliphatic rings. The number of methoxy groups -OCH3 is 1. The van der Waals surface area contributed by atoms with Gasteiger partial charge in [-0.05, 0) is 12.1 Å². The van der Waals surface area contributed by atoms with Crippen LogP contribution in [0.25, 0.3) is 11.0 Å². The normalized spacial score (nSPS) is 10.8. The second-order valence-electron chi connectivity index (χ2n) is 2.55. The van der Waals surface area contributed by atoms with Crippen LogP contribution in [0, 0.1) is 6.33 Å². The largest absolute Gasteiger partial charge is 0.364 e. The smallest absolute Gasteiger partial charge is 0.179 e. The number of imidazole rings is 1. The first-order valence-corrected chi connectivity index (χ1v) is 3.73. The fourth-order valence-electron chi connectivity index (χ4n) is 1.18. The minimum Gasteiger partial charge on any atom is -0.364 e. The van der Waals surface area contributed by atoms with E-state index in [1.165, 1.54) is 0 Å². The first-order chi connectivity index (χ1) is 5.92. The summed E-state index contributed by atoms with van der Waals surface area (Å²) >= 11 is 0. The van der Waals surface area contributed by atoms with Crippen molar-refractivity contribution in [3.63, 3.8) is 0 Å². The number of aromatic nitrogens is 2. The summed E-state index contributed by atoms with van der Waals surface area (Å²) in [5.74, 6) is 0. The number of hydrogen-bond donors (Lipinski definition) is 0. The van der Waals surface area contributed by atoms with Crippen LogP contribution in [0.1, 0.15) is 0 Å². The molecule has 0 spiro atoms. The van der Waals surface area contributed by atoms with Crippen molar-refractivity contribution >= 4 is 11.0 Å². The van der Waals surface area contributed by atoms with E-state index in [1.807, 2.05) is 28.8 Å². The quantitative estimate of drug-likeness (QED) is 0.666. The molecule has 61 valence electrons. The van der Waals surface area contributed by atoms with Gasteiger partial charge in [-0.1, -0.05) is 12.1 Å². The molecule has 0 atom stereocenters. The SMILES string of the molecule is COCn1[c]nc2ccccc21. The molecule has 2 aromatic rings. The molecule has 0 fully saturated rings. The molecule has 1 radical (unpaired) electrons. The molecule has 0 unspecified atom stereocenters. The summed E-state index contributed by atoms with van der Waals surface area (Å²) in [4.78, 5) is 4.10. The Balaban J connectivity index is 2.55. The van der Waals surface area contributed by atoms with Gasteiger partial charge in [-0.2, -0.15) is 0 Å². The Bertz CT molecular complexity index is 381. The summed E-state index contributed by atoms with van der Waals surface area (Å²) < 4.78 is 6.83. The first kappa shape index (κ1) is 7.31. The lowest BCUT2D eigenvalue weighted by Gasteiger charge is -1.99. The summed E-state index contributed by atoms with van der Waals surface area (Å²) in [6.07, 6.45) is 2.86. The summed E-state index contributed by atoms with van der Waals surface area (Å²) in [6, 6.07) is 7.89. The average Bonchev–Trinajstić information content (AvgIpc) is 2.50. The number of fused-ring (bicyclic) bond motifs is 1. The van der Waals surface area contributed by atoms with E-state index in [4.69, 9.17) is 4.74 Å². The maximum Gasteiger partial charge on any atom is 0.179 e. The number of nitrogens with zero attached hydrogens (tertiary/aromatic N) is 2. The van der Waals surface area contributed by atoms with E-state index in [-0.39, 0.29) is 0 Å². The van der Waals surface area contributed by atoms with E-state index in [9.17, 15) is 0 Å². The van der Waals surface area contributed by atoms with Crippen LogP contribution in [0.2, 0.25) is 0 Å². The summed E-state index contributed by atoms with van der Waals surface area (Å²) in [5.41, 5.74) is 2.01. The van der Waals surface area contributed by atoms with Crippen molar-refractivity contribution in [2.75, 3.05) is 7.11 Å². The van der Waals surface area contributed by atoms with Crippen LogP contribution in [-0.4, -0.2) is 16.7 Å². The fourth-order valence-corrected chi connectivity index (χ4v) is 1.18. The van der Waals surface area contributed by atoms with E-state index in [0.29, 0.717) is 6.73 Å². The van der Waals surface area contributed by atoms with E-state index in [2.05, 4.69) is 11.3 Å². The van der Waals surface area contributed by atoms with Crippen molar-refractivity contribution < 1.29 is 4.74 Å². The molecule has 0 amide bonds. The number of benzene rings is 1. The molecule has 1 aromatic heterocycles. The monoisotopic (exact) mass is 161 g/mol. The van der Waals surface area contributed by atoms with Gasteiger partial charge in [0, 0.05) is 7.11 Å².